The minimum atomic E-state index is -0.0651. The smallest absolute Gasteiger partial charge is 0.318 e. The molecule has 0 bridgehead atoms. The van der Waals surface area contributed by atoms with Crippen molar-refractivity contribution in [1.82, 2.24) is 10.2 Å². The largest absolute Gasteiger partial charge is 0.382 e. The molecule has 1 fully saturated rings. The van der Waals surface area contributed by atoms with E-state index >= 15 is 0 Å². The van der Waals surface area contributed by atoms with Crippen molar-refractivity contribution in [3.63, 3.8) is 0 Å². The Morgan fingerprint density at radius 1 is 1.74 bits per heavy atom. The monoisotopic (exact) mass is 332 g/mol. The van der Waals surface area contributed by atoms with Crippen LogP contribution in [0.3, 0.4) is 0 Å². The number of methoxy groups -OCH3 is 1. The highest BCUT2D eigenvalue weighted by molar-refractivity contribution is 9.11. The van der Waals surface area contributed by atoms with Crippen LogP contribution in [0.25, 0.3) is 0 Å². The molecule has 0 aromatic heterocycles. The molecule has 0 saturated carbocycles. The number of rotatable bonds is 4. The third-order valence-corrected chi connectivity index (χ3v) is 4.04. The van der Waals surface area contributed by atoms with Crippen LogP contribution in [0, 0.1) is 0 Å². The summed E-state index contributed by atoms with van der Waals surface area (Å²) in [6.45, 7) is 2.66. The number of ether oxygens (including phenoxy) is 2. The maximum absolute atomic E-state index is 12.2. The van der Waals surface area contributed by atoms with Crippen molar-refractivity contribution in [1.29, 1.82) is 0 Å². The maximum atomic E-state index is 12.2. The van der Waals surface area contributed by atoms with Crippen LogP contribution in [-0.4, -0.2) is 56.5 Å². The van der Waals surface area contributed by atoms with E-state index in [0.717, 1.165) is 36.9 Å². The maximum Gasteiger partial charge on any atom is 0.318 e. The molecule has 19 heavy (non-hydrogen) atoms. The van der Waals surface area contributed by atoms with Gasteiger partial charge >= 0.3 is 6.03 Å². The van der Waals surface area contributed by atoms with Crippen molar-refractivity contribution in [2.45, 2.75) is 31.4 Å². The second kappa shape index (κ2) is 7.26. The van der Waals surface area contributed by atoms with Crippen molar-refractivity contribution in [3.05, 3.63) is 10.6 Å². The zero-order chi connectivity index (χ0) is 13.7. The fraction of sp³-hybridized carbons (Fsp3) is 0.769. The van der Waals surface area contributed by atoms with Crippen LogP contribution >= 0.6 is 15.9 Å². The van der Waals surface area contributed by atoms with E-state index in [2.05, 4.69) is 27.3 Å². The third-order valence-electron chi connectivity index (χ3n) is 3.46. The van der Waals surface area contributed by atoms with Gasteiger partial charge in [-0.3, -0.25) is 0 Å². The standard InChI is InChI=1S/C13H21BrN2O3/c1-18-9-11(12-5-3-7-19-12)15-13(17)16-6-2-4-10(14)8-16/h4,11-12H,2-3,5-9H2,1H3,(H,15,17). The van der Waals surface area contributed by atoms with Gasteiger partial charge in [0.15, 0.2) is 0 Å². The summed E-state index contributed by atoms with van der Waals surface area (Å²) in [7, 11) is 1.65. The van der Waals surface area contributed by atoms with Crippen LogP contribution in [0.4, 0.5) is 4.79 Å². The fourth-order valence-corrected chi connectivity index (χ4v) is 3.00. The van der Waals surface area contributed by atoms with E-state index in [1.807, 2.05) is 4.90 Å². The summed E-state index contributed by atoms with van der Waals surface area (Å²) in [6, 6.07) is -0.104. The first-order chi connectivity index (χ1) is 9.20. The van der Waals surface area contributed by atoms with E-state index in [9.17, 15) is 4.79 Å². The zero-order valence-electron chi connectivity index (χ0n) is 11.2. The highest BCUT2D eigenvalue weighted by Crippen LogP contribution is 2.18. The summed E-state index contributed by atoms with van der Waals surface area (Å²) < 4.78 is 11.9. The van der Waals surface area contributed by atoms with Crippen LogP contribution in [0.2, 0.25) is 0 Å². The topological polar surface area (TPSA) is 50.8 Å². The van der Waals surface area contributed by atoms with E-state index in [1.54, 1.807) is 7.11 Å². The number of hydrogen-bond donors (Lipinski definition) is 1. The highest BCUT2D eigenvalue weighted by Gasteiger charge is 2.29. The van der Waals surface area contributed by atoms with Crippen molar-refractivity contribution >= 4 is 22.0 Å². The van der Waals surface area contributed by atoms with Gasteiger partial charge in [-0.25, -0.2) is 4.79 Å². The molecular weight excluding hydrogens is 312 g/mol. The number of halogens is 1. The molecule has 0 aliphatic carbocycles. The second-order valence-electron chi connectivity index (χ2n) is 4.92. The first-order valence-electron chi connectivity index (χ1n) is 6.71. The third kappa shape index (κ3) is 4.19. The van der Waals surface area contributed by atoms with E-state index in [4.69, 9.17) is 9.47 Å². The average molecular weight is 333 g/mol. The zero-order valence-corrected chi connectivity index (χ0v) is 12.8. The molecule has 2 aliphatic rings. The predicted octanol–water partition coefficient (Wildman–Crippen LogP) is 1.87. The Balaban J connectivity index is 1.89. The van der Waals surface area contributed by atoms with Crippen molar-refractivity contribution in [3.8, 4) is 0 Å². The Labute approximate surface area is 122 Å². The number of carbonyl (C=O) groups excluding carboxylic acids is 1. The average Bonchev–Trinajstić information content (AvgIpc) is 2.92. The molecule has 1 saturated heterocycles. The molecule has 2 unspecified atom stereocenters. The summed E-state index contributed by atoms with van der Waals surface area (Å²) in [5.41, 5.74) is 0. The molecule has 0 aromatic rings. The molecule has 2 rings (SSSR count). The van der Waals surface area contributed by atoms with Gasteiger partial charge in [0.1, 0.15) is 0 Å². The minimum absolute atomic E-state index is 0.0393. The van der Waals surface area contributed by atoms with Gasteiger partial charge in [-0.05, 0) is 19.3 Å². The van der Waals surface area contributed by atoms with Gasteiger partial charge in [-0.15, -0.1) is 0 Å². The Morgan fingerprint density at radius 2 is 2.58 bits per heavy atom. The summed E-state index contributed by atoms with van der Waals surface area (Å²) >= 11 is 3.45. The quantitative estimate of drug-likeness (QED) is 0.855. The molecular formula is C13H21BrN2O3. The van der Waals surface area contributed by atoms with Gasteiger partial charge in [-0.2, -0.15) is 0 Å². The number of nitrogens with zero attached hydrogens (tertiary/aromatic N) is 1. The Morgan fingerprint density at radius 3 is 3.21 bits per heavy atom. The molecule has 0 aromatic carbocycles. The SMILES string of the molecule is COCC(NC(=O)N1CCC=C(Br)C1)C1CCCO1. The first kappa shape index (κ1) is 14.8. The number of urea groups is 1. The molecule has 2 amide bonds. The number of nitrogens with one attached hydrogen (secondary N) is 1. The van der Waals surface area contributed by atoms with Gasteiger partial charge < -0.3 is 19.7 Å². The lowest BCUT2D eigenvalue weighted by molar-refractivity contribution is 0.0448. The van der Waals surface area contributed by atoms with Crippen LogP contribution < -0.4 is 5.32 Å². The molecule has 0 spiro atoms. The molecule has 5 nitrogen and oxygen atoms in total. The molecule has 0 radical (unpaired) electrons. The Kier molecular flexibility index (Phi) is 5.66. The summed E-state index contributed by atoms with van der Waals surface area (Å²) in [5.74, 6) is 0. The van der Waals surface area contributed by atoms with E-state index in [-0.39, 0.29) is 18.2 Å². The predicted molar refractivity (Wildman–Crippen MR) is 76.4 cm³/mol. The van der Waals surface area contributed by atoms with Gasteiger partial charge in [0.05, 0.1) is 25.3 Å². The number of amides is 2. The Bertz CT molecular complexity index is 343. The highest BCUT2D eigenvalue weighted by atomic mass is 79.9. The van der Waals surface area contributed by atoms with E-state index < -0.39 is 0 Å². The second-order valence-corrected chi connectivity index (χ2v) is 5.94. The molecule has 108 valence electrons. The molecule has 1 N–H and O–H groups in total. The van der Waals surface area contributed by atoms with Crippen LogP contribution in [-0.2, 0) is 9.47 Å². The minimum Gasteiger partial charge on any atom is -0.382 e. The summed E-state index contributed by atoms with van der Waals surface area (Å²) in [6.07, 6.45) is 5.11. The normalized spacial score (nSPS) is 25.1. The van der Waals surface area contributed by atoms with Crippen molar-refractivity contribution in [2.75, 3.05) is 33.4 Å². The number of hydrogen-bond acceptors (Lipinski definition) is 3. The Hall–Kier alpha value is -0.590. The molecule has 2 atom stereocenters. The van der Waals surface area contributed by atoms with Gasteiger partial charge in [0, 0.05) is 24.7 Å². The molecule has 2 aliphatic heterocycles. The molecule has 6 heteroatoms. The van der Waals surface area contributed by atoms with E-state index in [1.165, 1.54) is 0 Å². The van der Waals surface area contributed by atoms with Gasteiger partial charge in [0.25, 0.3) is 0 Å². The van der Waals surface area contributed by atoms with Crippen molar-refractivity contribution in [2.24, 2.45) is 0 Å². The van der Waals surface area contributed by atoms with Crippen LogP contribution in [0.15, 0.2) is 10.6 Å². The van der Waals surface area contributed by atoms with Gasteiger partial charge in [-0.1, -0.05) is 22.0 Å². The summed E-state index contributed by atoms with van der Waals surface area (Å²) in [5, 5.41) is 3.04. The number of carbonyl (C=O) groups is 1. The van der Waals surface area contributed by atoms with Crippen molar-refractivity contribution < 1.29 is 14.3 Å². The summed E-state index contributed by atoms with van der Waals surface area (Å²) in [4.78, 5) is 14.0. The lowest BCUT2D eigenvalue weighted by atomic mass is 10.1. The lowest BCUT2D eigenvalue weighted by Gasteiger charge is -2.30. The van der Waals surface area contributed by atoms with Gasteiger partial charge in [0.2, 0.25) is 0 Å². The van der Waals surface area contributed by atoms with Crippen LogP contribution in [0.5, 0.6) is 0 Å². The molecule has 2 heterocycles. The van der Waals surface area contributed by atoms with E-state index in [0.29, 0.717) is 13.2 Å². The lowest BCUT2D eigenvalue weighted by Crippen LogP contribution is -2.52. The fourth-order valence-electron chi connectivity index (χ4n) is 2.47. The first-order valence-corrected chi connectivity index (χ1v) is 7.50. The van der Waals surface area contributed by atoms with Crippen LogP contribution in [0.1, 0.15) is 19.3 Å².